The molecule has 0 heterocycles. The van der Waals surface area contributed by atoms with E-state index in [-0.39, 0.29) is 5.41 Å². The Morgan fingerprint density at radius 2 is 2.00 bits per heavy atom. The first kappa shape index (κ1) is 11.7. The van der Waals surface area contributed by atoms with Gasteiger partial charge in [-0.2, -0.15) is 0 Å². The van der Waals surface area contributed by atoms with Gasteiger partial charge in [0.25, 0.3) is 0 Å². The van der Waals surface area contributed by atoms with Crippen LogP contribution in [-0.4, -0.2) is 5.78 Å². The molecule has 1 aromatic rings. The summed E-state index contributed by atoms with van der Waals surface area (Å²) in [5.74, 6) is 0.315. The molecule has 1 aromatic carbocycles. The van der Waals surface area contributed by atoms with Gasteiger partial charge in [0.2, 0.25) is 0 Å². The van der Waals surface area contributed by atoms with Crippen molar-refractivity contribution in [1.29, 1.82) is 0 Å². The van der Waals surface area contributed by atoms with Crippen LogP contribution < -0.4 is 0 Å². The van der Waals surface area contributed by atoms with Crippen molar-refractivity contribution >= 4 is 17.4 Å². The summed E-state index contributed by atoms with van der Waals surface area (Å²) in [6.45, 7) is 4.23. The van der Waals surface area contributed by atoms with E-state index in [0.717, 1.165) is 41.8 Å². The zero-order chi connectivity index (χ0) is 11.8. The molecule has 1 aliphatic rings. The van der Waals surface area contributed by atoms with Crippen molar-refractivity contribution in [3.05, 3.63) is 34.3 Å². The summed E-state index contributed by atoms with van der Waals surface area (Å²) in [5, 5.41) is 0.729. The molecule has 16 heavy (non-hydrogen) atoms. The molecule has 0 unspecified atom stereocenters. The lowest BCUT2D eigenvalue weighted by atomic mass is 9.67. The number of aryl methyl sites for hydroxylation is 1. The summed E-state index contributed by atoms with van der Waals surface area (Å²) in [4.78, 5) is 12.5. The normalized spacial score (nSPS) is 18.3. The Kier molecular flexibility index (Phi) is 3.07. The van der Waals surface area contributed by atoms with Gasteiger partial charge in [-0.25, -0.2) is 0 Å². The highest BCUT2D eigenvalue weighted by atomic mass is 35.5. The molecule has 0 bridgehead atoms. The zero-order valence-electron chi connectivity index (χ0n) is 9.85. The van der Waals surface area contributed by atoms with E-state index < -0.39 is 0 Å². The number of carbonyl (C=O) groups is 1. The maximum Gasteiger partial charge on any atom is 0.169 e. The van der Waals surface area contributed by atoms with Gasteiger partial charge in [0, 0.05) is 16.0 Å². The van der Waals surface area contributed by atoms with E-state index in [1.807, 2.05) is 18.2 Å². The highest BCUT2D eigenvalue weighted by Crippen LogP contribution is 2.41. The maximum atomic E-state index is 12.5. The lowest BCUT2D eigenvalue weighted by molar-refractivity contribution is 0.0738. The van der Waals surface area contributed by atoms with Crippen LogP contribution in [0.25, 0.3) is 0 Å². The Hall–Kier alpha value is -0.820. The molecule has 0 fully saturated rings. The van der Waals surface area contributed by atoms with E-state index in [1.165, 1.54) is 0 Å². The molecule has 0 spiro atoms. The van der Waals surface area contributed by atoms with Crippen molar-refractivity contribution < 1.29 is 4.79 Å². The quantitative estimate of drug-likeness (QED) is 0.749. The molecule has 0 saturated heterocycles. The van der Waals surface area contributed by atoms with Crippen molar-refractivity contribution in [2.75, 3.05) is 0 Å². The standard InChI is InChI=1S/C14H17ClO/c1-3-14(4-2)8-7-10-9-11(15)5-6-12(10)13(14)16/h5-6,9H,3-4,7-8H2,1-2H3. The lowest BCUT2D eigenvalue weighted by Crippen LogP contribution is -2.34. The van der Waals surface area contributed by atoms with Crippen LogP contribution in [-0.2, 0) is 6.42 Å². The molecular weight excluding hydrogens is 220 g/mol. The second kappa shape index (κ2) is 4.21. The average Bonchev–Trinajstić information content (AvgIpc) is 2.30. The molecule has 0 radical (unpaired) electrons. The summed E-state index contributed by atoms with van der Waals surface area (Å²) in [7, 11) is 0. The molecule has 2 heteroatoms. The van der Waals surface area contributed by atoms with Crippen LogP contribution >= 0.6 is 11.6 Å². The van der Waals surface area contributed by atoms with Crippen LogP contribution in [0.15, 0.2) is 18.2 Å². The van der Waals surface area contributed by atoms with Gasteiger partial charge in [0.05, 0.1) is 0 Å². The first-order valence-corrected chi connectivity index (χ1v) is 6.34. The van der Waals surface area contributed by atoms with E-state index in [0.29, 0.717) is 5.78 Å². The molecule has 2 rings (SSSR count). The fourth-order valence-corrected chi connectivity index (χ4v) is 2.88. The predicted octanol–water partition coefficient (Wildman–Crippen LogP) is 4.28. The van der Waals surface area contributed by atoms with Gasteiger partial charge in [-0.15, -0.1) is 0 Å². The summed E-state index contributed by atoms with van der Waals surface area (Å²) in [6.07, 6.45) is 3.81. The van der Waals surface area contributed by atoms with Gasteiger partial charge in [-0.1, -0.05) is 25.4 Å². The van der Waals surface area contributed by atoms with Crippen LogP contribution in [0.2, 0.25) is 5.02 Å². The fourth-order valence-electron chi connectivity index (χ4n) is 2.69. The minimum Gasteiger partial charge on any atom is -0.294 e. The van der Waals surface area contributed by atoms with Crippen molar-refractivity contribution in [1.82, 2.24) is 0 Å². The molecule has 1 aliphatic carbocycles. The molecule has 0 saturated carbocycles. The first-order chi connectivity index (χ1) is 7.63. The van der Waals surface area contributed by atoms with Crippen LogP contribution in [0.5, 0.6) is 0 Å². The fraction of sp³-hybridized carbons (Fsp3) is 0.500. The Morgan fingerprint density at radius 3 is 2.62 bits per heavy atom. The van der Waals surface area contributed by atoms with Crippen molar-refractivity contribution in [2.24, 2.45) is 5.41 Å². The largest absolute Gasteiger partial charge is 0.294 e. The minimum atomic E-state index is -0.124. The number of rotatable bonds is 2. The van der Waals surface area contributed by atoms with Gasteiger partial charge >= 0.3 is 0 Å². The number of benzene rings is 1. The summed E-state index contributed by atoms with van der Waals surface area (Å²) in [6, 6.07) is 5.64. The lowest BCUT2D eigenvalue weighted by Gasteiger charge is -2.35. The number of fused-ring (bicyclic) bond motifs is 1. The Labute approximate surface area is 102 Å². The molecule has 86 valence electrons. The third-order valence-electron chi connectivity index (χ3n) is 4.02. The van der Waals surface area contributed by atoms with Crippen LogP contribution in [0.3, 0.4) is 0 Å². The summed E-state index contributed by atoms with van der Waals surface area (Å²) < 4.78 is 0. The van der Waals surface area contributed by atoms with Gasteiger partial charge in [0.1, 0.15) is 0 Å². The maximum absolute atomic E-state index is 12.5. The molecule has 0 atom stereocenters. The average molecular weight is 237 g/mol. The molecular formula is C14H17ClO. The van der Waals surface area contributed by atoms with E-state index in [2.05, 4.69) is 13.8 Å². The van der Waals surface area contributed by atoms with E-state index in [9.17, 15) is 4.79 Å². The van der Waals surface area contributed by atoms with E-state index >= 15 is 0 Å². The number of ketones is 1. The molecule has 1 nitrogen and oxygen atoms in total. The predicted molar refractivity (Wildman–Crippen MR) is 67.1 cm³/mol. The van der Waals surface area contributed by atoms with E-state index in [4.69, 9.17) is 11.6 Å². The molecule has 0 aromatic heterocycles. The van der Waals surface area contributed by atoms with Crippen molar-refractivity contribution in [3.8, 4) is 0 Å². The van der Waals surface area contributed by atoms with Crippen molar-refractivity contribution in [3.63, 3.8) is 0 Å². The number of halogens is 1. The Bertz CT molecular complexity index is 419. The summed E-state index contributed by atoms with van der Waals surface area (Å²) >= 11 is 5.95. The minimum absolute atomic E-state index is 0.124. The van der Waals surface area contributed by atoms with Gasteiger partial charge in [0.15, 0.2) is 5.78 Å². The third-order valence-corrected chi connectivity index (χ3v) is 4.26. The number of hydrogen-bond donors (Lipinski definition) is 0. The second-order valence-corrected chi connectivity index (χ2v) is 5.05. The second-order valence-electron chi connectivity index (χ2n) is 4.62. The number of Topliss-reactive ketones (excluding diaryl/α,β-unsaturated/α-hetero) is 1. The number of carbonyl (C=O) groups excluding carboxylic acids is 1. The SMILES string of the molecule is CCC1(CC)CCc2cc(Cl)ccc2C1=O. The van der Waals surface area contributed by atoms with Crippen LogP contribution in [0.1, 0.15) is 49.0 Å². The van der Waals surface area contributed by atoms with Gasteiger partial charge in [-0.05, 0) is 49.4 Å². The molecule has 0 N–H and O–H groups in total. The van der Waals surface area contributed by atoms with Crippen LogP contribution in [0.4, 0.5) is 0 Å². The highest BCUT2D eigenvalue weighted by molar-refractivity contribution is 6.30. The molecule has 0 aliphatic heterocycles. The van der Waals surface area contributed by atoms with Crippen molar-refractivity contribution in [2.45, 2.75) is 39.5 Å². The third kappa shape index (κ3) is 1.67. The Morgan fingerprint density at radius 1 is 1.31 bits per heavy atom. The monoisotopic (exact) mass is 236 g/mol. The van der Waals surface area contributed by atoms with E-state index in [1.54, 1.807) is 0 Å². The first-order valence-electron chi connectivity index (χ1n) is 5.96. The van der Waals surface area contributed by atoms with Crippen LogP contribution in [0, 0.1) is 5.41 Å². The zero-order valence-corrected chi connectivity index (χ0v) is 10.6. The topological polar surface area (TPSA) is 17.1 Å². The number of hydrogen-bond acceptors (Lipinski definition) is 1. The highest BCUT2D eigenvalue weighted by Gasteiger charge is 2.39. The molecule has 0 amide bonds. The Balaban J connectivity index is 2.47. The van der Waals surface area contributed by atoms with Gasteiger partial charge < -0.3 is 0 Å². The smallest absolute Gasteiger partial charge is 0.169 e. The van der Waals surface area contributed by atoms with Gasteiger partial charge in [-0.3, -0.25) is 4.79 Å². The summed E-state index contributed by atoms with van der Waals surface area (Å²) in [5.41, 5.74) is 1.88.